The minimum Gasteiger partial charge on any atom is -0.423 e. The summed E-state index contributed by atoms with van der Waals surface area (Å²) in [6.45, 7) is 4.76. The minimum absolute atomic E-state index is 0.258. The fourth-order valence-electron chi connectivity index (χ4n) is 2.89. The summed E-state index contributed by atoms with van der Waals surface area (Å²) in [7, 11) is 0. The maximum atomic E-state index is 13.5. The number of piperazine rings is 1. The maximum absolute atomic E-state index is 13.5. The average molecular weight is 371 g/mol. The number of nitrogens with zero attached hydrogens (tertiary/aromatic N) is 1. The standard InChI is InChI=1S/C16H20ClFN4O3/c17-21-25-12(10-22-5-3-19-4-6-22)9-20-14-8-16(23)24-15-2-1-11(18)7-13(14)15/h1-2,7-8,12,19-21H,3-6,9-10H2. The van der Waals surface area contributed by atoms with Gasteiger partial charge in [0.2, 0.25) is 0 Å². The molecule has 0 aliphatic carbocycles. The zero-order valence-electron chi connectivity index (χ0n) is 13.6. The number of rotatable bonds is 7. The lowest BCUT2D eigenvalue weighted by Gasteiger charge is -2.30. The highest BCUT2D eigenvalue weighted by atomic mass is 35.5. The van der Waals surface area contributed by atoms with E-state index in [2.05, 4.69) is 20.5 Å². The van der Waals surface area contributed by atoms with Crippen LogP contribution in [0.2, 0.25) is 0 Å². The van der Waals surface area contributed by atoms with E-state index < -0.39 is 11.4 Å². The molecule has 1 fully saturated rings. The van der Waals surface area contributed by atoms with E-state index in [1.807, 2.05) is 0 Å². The Kier molecular flexibility index (Phi) is 6.22. The molecule has 1 aromatic carbocycles. The number of nitrogens with one attached hydrogen (secondary N) is 3. The lowest BCUT2D eigenvalue weighted by atomic mass is 10.2. The van der Waals surface area contributed by atoms with Crippen molar-refractivity contribution < 1.29 is 13.6 Å². The van der Waals surface area contributed by atoms with Crippen molar-refractivity contribution in [3.63, 3.8) is 0 Å². The van der Waals surface area contributed by atoms with Crippen LogP contribution in [-0.2, 0) is 4.84 Å². The Labute approximate surface area is 149 Å². The van der Waals surface area contributed by atoms with Gasteiger partial charge in [-0.1, -0.05) is 0 Å². The summed E-state index contributed by atoms with van der Waals surface area (Å²) in [6.07, 6.45) is -0.258. The summed E-state index contributed by atoms with van der Waals surface area (Å²) in [5.74, 6) is -0.402. The maximum Gasteiger partial charge on any atom is 0.338 e. The molecule has 25 heavy (non-hydrogen) atoms. The minimum atomic E-state index is -0.503. The molecule has 1 aromatic heterocycles. The zero-order valence-corrected chi connectivity index (χ0v) is 14.3. The molecule has 1 unspecified atom stereocenters. The van der Waals surface area contributed by atoms with E-state index in [4.69, 9.17) is 21.0 Å². The molecule has 7 nitrogen and oxygen atoms in total. The number of benzene rings is 1. The van der Waals surface area contributed by atoms with Gasteiger partial charge < -0.3 is 15.1 Å². The quantitative estimate of drug-likeness (QED) is 0.385. The first-order chi connectivity index (χ1) is 12.2. The smallest absolute Gasteiger partial charge is 0.338 e. The molecule has 1 aliphatic heterocycles. The summed E-state index contributed by atoms with van der Waals surface area (Å²) in [5, 5.41) is 6.93. The van der Waals surface area contributed by atoms with Crippen LogP contribution >= 0.6 is 11.8 Å². The predicted molar refractivity (Wildman–Crippen MR) is 94.1 cm³/mol. The van der Waals surface area contributed by atoms with Crippen molar-refractivity contribution in [2.75, 3.05) is 44.6 Å². The Morgan fingerprint density at radius 1 is 1.36 bits per heavy atom. The Morgan fingerprint density at radius 2 is 2.16 bits per heavy atom. The van der Waals surface area contributed by atoms with Gasteiger partial charge in [0.25, 0.3) is 0 Å². The zero-order chi connectivity index (χ0) is 17.6. The van der Waals surface area contributed by atoms with Crippen molar-refractivity contribution in [1.82, 2.24) is 15.2 Å². The van der Waals surface area contributed by atoms with Crippen LogP contribution in [0.1, 0.15) is 0 Å². The first-order valence-electron chi connectivity index (χ1n) is 8.07. The molecule has 2 heterocycles. The van der Waals surface area contributed by atoms with Crippen molar-refractivity contribution in [2.45, 2.75) is 6.10 Å². The van der Waals surface area contributed by atoms with Crippen molar-refractivity contribution in [1.29, 1.82) is 0 Å². The third-order valence-electron chi connectivity index (χ3n) is 4.11. The molecule has 1 saturated heterocycles. The number of halogens is 2. The molecule has 3 N–H and O–H groups in total. The third-order valence-corrected chi connectivity index (χ3v) is 4.20. The third kappa shape index (κ3) is 4.90. The Morgan fingerprint density at radius 3 is 2.92 bits per heavy atom. The molecule has 1 aliphatic rings. The van der Waals surface area contributed by atoms with Gasteiger partial charge in [-0.05, 0) is 18.2 Å². The summed E-state index contributed by atoms with van der Waals surface area (Å²) in [5.41, 5.74) is 0.317. The summed E-state index contributed by atoms with van der Waals surface area (Å²) in [6, 6.07) is 5.32. The van der Waals surface area contributed by atoms with Gasteiger partial charge in [-0.25, -0.2) is 9.18 Å². The van der Waals surface area contributed by atoms with Gasteiger partial charge >= 0.3 is 5.63 Å². The predicted octanol–water partition coefficient (Wildman–Crippen LogP) is 1.29. The molecule has 0 radical (unpaired) electrons. The van der Waals surface area contributed by atoms with Gasteiger partial charge in [0.1, 0.15) is 17.5 Å². The van der Waals surface area contributed by atoms with Crippen LogP contribution in [0.3, 0.4) is 0 Å². The highest BCUT2D eigenvalue weighted by Gasteiger charge is 2.18. The van der Waals surface area contributed by atoms with Crippen molar-refractivity contribution in [3.05, 3.63) is 40.5 Å². The summed E-state index contributed by atoms with van der Waals surface area (Å²) >= 11 is 5.49. The van der Waals surface area contributed by atoms with E-state index >= 15 is 0 Å². The molecule has 0 bridgehead atoms. The molecule has 3 rings (SSSR count). The van der Waals surface area contributed by atoms with Gasteiger partial charge in [-0.3, -0.25) is 9.74 Å². The van der Waals surface area contributed by atoms with Crippen molar-refractivity contribution in [3.8, 4) is 0 Å². The van der Waals surface area contributed by atoms with Crippen LogP contribution < -0.4 is 21.3 Å². The van der Waals surface area contributed by atoms with Crippen LogP contribution in [0, 0.1) is 5.82 Å². The monoisotopic (exact) mass is 370 g/mol. The number of anilines is 1. The van der Waals surface area contributed by atoms with Gasteiger partial charge in [0.05, 0.1) is 5.69 Å². The van der Waals surface area contributed by atoms with Crippen LogP contribution in [0.25, 0.3) is 11.0 Å². The van der Waals surface area contributed by atoms with Gasteiger partial charge in [-0.2, -0.15) is 0 Å². The fourth-order valence-corrected chi connectivity index (χ4v) is 3.02. The first-order valence-corrected chi connectivity index (χ1v) is 8.45. The second-order valence-electron chi connectivity index (χ2n) is 5.87. The van der Waals surface area contributed by atoms with E-state index in [1.165, 1.54) is 24.3 Å². The SMILES string of the molecule is O=c1cc(NCC(CN2CCNCC2)ONCl)c2cc(F)ccc2o1. The lowest BCUT2D eigenvalue weighted by molar-refractivity contribution is 0.00244. The van der Waals surface area contributed by atoms with Gasteiger partial charge in [0.15, 0.2) is 0 Å². The molecule has 0 amide bonds. The molecule has 2 aromatic rings. The fraction of sp³-hybridized carbons (Fsp3) is 0.438. The number of hydrogen-bond donors (Lipinski definition) is 3. The first kappa shape index (κ1) is 18.1. The van der Waals surface area contributed by atoms with Crippen LogP contribution in [-0.4, -0.2) is 50.3 Å². The summed E-state index contributed by atoms with van der Waals surface area (Å²) < 4.78 is 18.6. The molecule has 136 valence electrons. The molecule has 9 heteroatoms. The van der Waals surface area contributed by atoms with Crippen LogP contribution in [0.4, 0.5) is 10.1 Å². The van der Waals surface area contributed by atoms with Crippen LogP contribution in [0.5, 0.6) is 0 Å². The number of hydrogen-bond acceptors (Lipinski definition) is 7. The van der Waals surface area contributed by atoms with Gasteiger partial charge in [-0.15, -0.1) is 5.00 Å². The number of fused-ring (bicyclic) bond motifs is 1. The van der Waals surface area contributed by atoms with E-state index in [9.17, 15) is 9.18 Å². The average Bonchev–Trinajstić information content (AvgIpc) is 2.61. The topological polar surface area (TPSA) is 78.8 Å². The molecular weight excluding hydrogens is 351 g/mol. The molecule has 0 spiro atoms. The second kappa shape index (κ2) is 8.59. The van der Waals surface area contributed by atoms with Crippen molar-refractivity contribution >= 4 is 28.4 Å². The molecule has 1 atom stereocenters. The second-order valence-corrected chi connectivity index (χ2v) is 6.02. The Balaban J connectivity index is 1.72. The highest BCUT2D eigenvalue weighted by molar-refractivity contribution is 6.12. The molecular formula is C16H20ClFN4O3. The van der Waals surface area contributed by atoms with E-state index in [0.717, 1.165) is 26.2 Å². The Hall–Kier alpha value is -1.71. The van der Waals surface area contributed by atoms with E-state index in [-0.39, 0.29) is 6.10 Å². The highest BCUT2D eigenvalue weighted by Crippen LogP contribution is 2.22. The lowest BCUT2D eigenvalue weighted by Crippen LogP contribution is -2.48. The Bertz CT molecular complexity index is 767. The van der Waals surface area contributed by atoms with E-state index in [1.54, 1.807) is 0 Å². The molecule has 0 saturated carbocycles. The van der Waals surface area contributed by atoms with Crippen molar-refractivity contribution in [2.24, 2.45) is 0 Å². The normalized spacial score (nSPS) is 16.9. The van der Waals surface area contributed by atoms with Crippen LogP contribution in [0.15, 0.2) is 33.5 Å². The largest absolute Gasteiger partial charge is 0.423 e. The van der Waals surface area contributed by atoms with E-state index in [0.29, 0.717) is 29.7 Å². The summed E-state index contributed by atoms with van der Waals surface area (Å²) in [4.78, 5) is 21.5. The van der Waals surface area contributed by atoms with Gasteiger partial charge in [0, 0.05) is 62.5 Å².